The summed E-state index contributed by atoms with van der Waals surface area (Å²) < 4.78 is 0. The highest BCUT2D eigenvalue weighted by atomic mass is 14.6. The molecule has 0 saturated heterocycles. The lowest BCUT2D eigenvalue weighted by Gasteiger charge is -2.15. The third-order valence-electron chi connectivity index (χ3n) is 3.06. The van der Waals surface area contributed by atoms with E-state index in [4.69, 9.17) is 5.73 Å². The molecule has 0 saturated carbocycles. The van der Waals surface area contributed by atoms with Gasteiger partial charge in [-0.2, -0.15) is 0 Å². The van der Waals surface area contributed by atoms with Crippen LogP contribution in [0.1, 0.15) is 41.7 Å². The lowest BCUT2D eigenvalue weighted by molar-refractivity contribution is 1.18. The summed E-state index contributed by atoms with van der Waals surface area (Å²) in [7, 11) is 0. The molecule has 0 heterocycles. The van der Waals surface area contributed by atoms with Crippen LogP contribution in [0, 0.1) is 34.6 Å². The monoisotopic (exact) mass is 193 g/mol. The molecule has 14 heavy (non-hydrogen) atoms. The van der Waals surface area contributed by atoms with E-state index in [1.807, 2.05) is 13.8 Å². The van der Waals surface area contributed by atoms with Gasteiger partial charge < -0.3 is 5.73 Å². The van der Waals surface area contributed by atoms with Crippen LogP contribution in [0.3, 0.4) is 0 Å². The molecule has 0 unspecified atom stereocenters. The van der Waals surface area contributed by atoms with Crippen LogP contribution >= 0.6 is 0 Å². The topological polar surface area (TPSA) is 26.0 Å². The Morgan fingerprint density at radius 1 is 0.571 bits per heavy atom. The molecule has 0 aliphatic carbocycles. The summed E-state index contributed by atoms with van der Waals surface area (Å²) in [4.78, 5) is 0. The predicted octanol–water partition coefficient (Wildman–Crippen LogP) is 3.84. The van der Waals surface area contributed by atoms with Crippen molar-refractivity contribution >= 4 is 5.69 Å². The van der Waals surface area contributed by atoms with Crippen molar-refractivity contribution in [1.82, 2.24) is 0 Å². The Labute approximate surface area is 88.3 Å². The average molecular weight is 193 g/mol. The minimum Gasteiger partial charge on any atom is -0.398 e. The fourth-order valence-electron chi connectivity index (χ4n) is 1.53. The van der Waals surface area contributed by atoms with Crippen LogP contribution < -0.4 is 5.73 Å². The highest BCUT2D eigenvalue weighted by molar-refractivity contribution is 5.61. The van der Waals surface area contributed by atoms with Gasteiger partial charge in [-0.1, -0.05) is 13.8 Å². The smallest absolute Gasteiger partial charge is 0.0378 e. The summed E-state index contributed by atoms with van der Waals surface area (Å²) >= 11 is 0. The SMILES string of the molecule is CC.Cc1c(C)c(C)c(N)c(C)c1C. The molecule has 0 amide bonds. The van der Waals surface area contributed by atoms with E-state index < -0.39 is 0 Å². The Kier molecular flexibility index (Phi) is 4.69. The van der Waals surface area contributed by atoms with Crippen LogP contribution in [0.5, 0.6) is 0 Å². The number of hydrogen-bond donors (Lipinski definition) is 1. The van der Waals surface area contributed by atoms with Crippen molar-refractivity contribution in [2.24, 2.45) is 0 Å². The quantitative estimate of drug-likeness (QED) is 0.622. The van der Waals surface area contributed by atoms with E-state index >= 15 is 0 Å². The first kappa shape index (κ1) is 13.0. The fraction of sp³-hybridized carbons (Fsp3) is 0.538. The Morgan fingerprint density at radius 2 is 0.786 bits per heavy atom. The van der Waals surface area contributed by atoms with Crippen LogP contribution in [0.2, 0.25) is 0 Å². The van der Waals surface area contributed by atoms with Gasteiger partial charge in [0.2, 0.25) is 0 Å². The number of hydrogen-bond acceptors (Lipinski definition) is 1. The van der Waals surface area contributed by atoms with Gasteiger partial charge in [-0.15, -0.1) is 0 Å². The first-order chi connectivity index (χ1) is 6.46. The summed E-state index contributed by atoms with van der Waals surface area (Å²) in [5.41, 5.74) is 13.4. The van der Waals surface area contributed by atoms with Gasteiger partial charge in [0.25, 0.3) is 0 Å². The number of nitrogen functional groups attached to an aromatic ring is 1. The third kappa shape index (κ3) is 2.09. The molecule has 1 aromatic carbocycles. The van der Waals surface area contributed by atoms with Gasteiger partial charge in [-0.3, -0.25) is 0 Å². The van der Waals surface area contributed by atoms with E-state index in [9.17, 15) is 0 Å². The fourth-order valence-corrected chi connectivity index (χ4v) is 1.53. The van der Waals surface area contributed by atoms with Gasteiger partial charge in [-0.25, -0.2) is 0 Å². The summed E-state index contributed by atoms with van der Waals surface area (Å²) in [6.07, 6.45) is 0. The van der Waals surface area contributed by atoms with E-state index in [1.54, 1.807) is 0 Å². The van der Waals surface area contributed by atoms with Gasteiger partial charge in [0.15, 0.2) is 0 Å². The Bertz CT molecular complexity index is 220. The number of nitrogens with two attached hydrogens (primary N) is 1. The summed E-state index contributed by atoms with van der Waals surface area (Å²) in [5, 5.41) is 0. The van der Waals surface area contributed by atoms with E-state index in [1.165, 1.54) is 27.8 Å². The third-order valence-corrected chi connectivity index (χ3v) is 3.06. The maximum absolute atomic E-state index is 5.95. The molecule has 2 N–H and O–H groups in total. The van der Waals surface area contributed by atoms with Gasteiger partial charge in [0.1, 0.15) is 0 Å². The minimum absolute atomic E-state index is 0.954. The first-order valence-corrected chi connectivity index (χ1v) is 5.29. The van der Waals surface area contributed by atoms with E-state index in [-0.39, 0.29) is 0 Å². The van der Waals surface area contributed by atoms with E-state index in [0.29, 0.717) is 0 Å². The van der Waals surface area contributed by atoms with E-state index in [2.05, 4.69) is 34.6 Å². The van der Waals surface area contributed by atoms with Gasteiger partial charge in [0, 0.05) is 5.69 Å². The molecule has 1 heteroatoms. The van der Waals surface area contributed by atoms with Crippen molar-refractivity contribution in [3.05, 3.63) is 27.8 Å². The summed E-state index contributed by atoms with van der Waals surface area (Å²) in [5.74, 6) is 0. The molecule has 0 aliphatic rings. The molecule has 0 radical (unpaired) electrons. The highest BCUT2D eigenvalue weighted by Crippen LogP contribution is 2.27. The highest BCUT2D eigenvalue weighted by Gasteiger charge is 2.08. The van der Waals surface area contributed by atoms with Crippen LogP contribution in [-0.2, 0) is 0 Å². The van der Waals surface area contributed by atoms with Crippen molar-refractivity contribution in [3.8, 4) is 0 Å². The molecular formula is C13H23N. The predicted molar refractivity (Wildman–Crippen MR) is 65.9 cm³/mol. The molecule has 0 fully saturated rings. The van der Waals surface area contributed by atoms with Crippen molar-refractivity contribution in [3.63, 3.8) is 0 Å². The zero-order chi connectivity index (χ0) is 11.5. The van der Waals surface area contributed by atoms with Gasteiger partial charge >= 0.3 is 0 Å². The minimum atomic E-state index is 0.954. The maximum Gasteiger partial charge on any atom is 0.0378 e. The Balaban J connectivity index is 0.000000791. The lowest BCUT2D eigenvalue weighted by atomic mass is 9.93. The summed E-state index contributed by atoms with van der Waals surface area (Å²) in [6, 6.07) is 0. The second kappa shape index (κ2) is 5.04. The van der Waals surface area contributed by atoms with Crippen LogP contribution in [-0.4, -0.2) is 0 Å². The molecule has 0 bridgehead atoms. The Hall–Kier alpha value is -0.980. The standard InChI is InChI=1S/C11H17N.C2H6/c1-6-7(2)9(4)11(12)10(5)8(6)3;1-2/h12H2,1-5H3;1-2H3. The number of rotatable bonds is 0. The normalized spacial score (nSPS) is 9.36. The van der Waals surface area contributed by atoms with Crippen molar-refractivity contribution < 1.29 is 0 Å². The summed E-state index contributed by atoms with van der Waals surface area (Å²) in [6.45, 7) is 14.6. The van der Waals surface area contributed by atoms with E-state index in [0.717, 1.165) is 5.69 Å². The maximum atomic E-state index is 5.95. The molecule has 1 aromatic rings. The molecule has 0 aliphatic heterocycles. The first-order valence-electron chi connectivity index (χ1n) is 5.29. The lowest BCUT2D eigenvalue weighted by Crippen LogP contribution is -2.01. The second-order valence-corrected chi connectivity index (χ2v) is 3.54. The van der Waals surface area contributed by atoms with Crippen LogP contribution in [0.4, 0.5) is 5.69 Å². The van der Waals surface area contributed by atoms with Crippen LogP contribution in [0.15, 0.2) is 0 Å². The zero-order valence-corrected chi connectivity index (χ0v) is 10.6. The van der Waals surface area contributed by atoms with Crippen molar-refractivity contribution in [1.29, 1.82) is 0 Å². The largest absolute Gasteiger partial charge is 0.398 e. The number of anilines is 1. The van der Waals surface area contributed by atoms with Gasteiger partial charge in [-0.05, 0) is 62.4 Å². The van der Waals surface area contributed by atoms with Crippen molar-refractivity contribution in [2.45, 2.75) is 48.5 Å². The molecular weight excluding hydrogens is 170 g/mol. The average Bonchev–Trinajstić information content (AvgIpc) is 2.24. The Morgan fingerprint density at radius 3 is 1.07 bits per heavy atom. The second-order valence-electron chi connectivity index (χ2n) is 3.54. The van der Waals surface area contributed by atoms with Gasteiger partial charge in [0.05, 0.1) is 0 Å². The molecule has 0 aromatic heterocycles. The molecule has 0 atom stereocenters. The van der Waals surface area contributed by atoms with Crippen molar-refractivity contribution in [2.75, 3.05) is 5.73 Å². The zero-order valence-electron chi connectivity index (χ0n) is 10.6. The molecule has 1 rings (SSSR count). The van der Waals surface area contributed by atoms with Crippen LogP contribution in [0.25, 0.3) is 0 Å². The molecule has 80 valence electrons. The number of benzene rings is 1. The molecule has 0 spiro atoms. The molecule has 1 nitrogen and oxygen atoms in total.